The van der Waals surface area contributed by atoms with Crippen molar-refractivity contribution in [3.8, 4) is 0 Å². The summed E-state index contributed by atoms with van der Waals surface area (Å²) in [5.74, 6) is -2.93. The van der Waals surface area contributed by atoms with E-state index in [-0.39, 0.29) is 18.8 Å². The van der Waals surface area contributed by atoms with Gasteiger partial charge in [0.15, 0.2) is 17.5 Å². The molecule has 0 atom stereocenters. The third-order valence-corrected chi connectivity index (χ3v) is 4.80. The molecule has 1 saturated carbocycles. The van der Waals surface area contributed by atoms with Crippen molar-refractivity contribution < 1.29 is 32.1 Å². The number of halogens is 3. The van der Waals surface area contributed by atoms with Gasteiger partial charge in [0, 0.05) is 6.61 Å². The Balaban J connectivity index is 1.30. The van der Waals surface area contributed by atoms with E-state index < -0.39 is 17.5 Å². The van der Waals surface area contributed by atoms with E-state index in [1.165, 1.54) is 32.1 Å². The molecule has 7 heteroatoms. The number of hydrogen-bond acceptors (Lipinski definition) is 4. The molecule has 1 aliphatic rings. The molecule has 0 amide bonds. The van der Waals surface area contributed by atoms with Gasteiger partial charge in [0.2, 0.25) is 0 Å². The van der Waals surface area contributed by atoms with E-state index in [0.717, 1.165) is 31.1 Å². The Labute approximate surface area is 165 Å². The molecule has 0 N–H and O–H groups in total. The maximum absolute atomic E-state index is 13.0. The standard InChI is InChI=1S/C21H31F3O4/c22-19-14-18(15-20(23)21(19)24)16-28-13-12-27-11-10-26-9-8-25-7-2-1-4-17-5-3-6-17/h14-15,17H,1-13,16H2. The summed E-state index contributed by atoms with van der Waals surface area (Å²) in [6, 6.07) is 1.84. The van der Waals surface area contributed by atoms with Gasteiger partial charge in [-0.25, -0.2) is 13.2 Å². The lowest BCUT2D eigenvalue weighted by Crippen LogP contribution is -2.12. The normalized spacial score (nSPS) is 14.4. The maximum atomic E-state index is 13.0. The summed E-state index contributed by atoms with van der Waals surface area (Å²) in [6.45, 7) is 3.45. The van der Waals surface area contributed by atoms with E-state index >= 15 is 0 Å². The second-order valence-corrected chi connectivity index (χ2v) is 7.06. The van der Waals surface area contributed by atoms with Crippen LogP contribution < -0.4 is 0 Å². The van der Waals surface area contributed by atoms with E-state index in [4.69, 9.17) is 18.9 Å². The molecule has 1 aromatic carbocycles. The van der Waals surface area contributed by atoms with Gasteiger partial charge < -0.3 is 18.9 Å². The molecule has 0 bridgehead atoms. The first-order valence-electron chi connectivity index (χ1n) is 10.1. The first-order valence-corrected chi connectivity index (χ1v) is 10.1. The zero-order valence-electron chi connectivity index (χ0n) is 16.4. The van der Waals surface area contributed by atoms with Crippen LogP contribution in [0.2, 0.25) is 0 Å². The van der Waals surface area contributed by atoms with Crippen molar-refractivity contribution in [3.05, 3.63) is 35.1 Å². The predicted octanol–water partition coefficient (Wildman–Crippen LogP) is 4.64. The third-order valence-electron chi connectivity index (χ3n) is 4.80. The Morgan fingerprint density at radius 3 is 1.79 bits per heavy atom. The van der Waals surface area contributed by atoms with Gasteiger partial charge in [-0.1, -0.05) is 32.1 Å². The highest BCUT2D eigenvalue weighted by Gasteiger charge is 2.16. The predicted molar refractivity (Wildman–Crippen MR) is 99.6 cm³/mol. The molecule has 0 radical (unpaired) electrons. The summed E-state index contributed by atoms with van der Waals surface area (Å²) in [6.07, 6.45) is 7.96. The number of ether oxygens (including phenoxy) is 4. The molecule has 2 rings (SSSR count). The molecule has 0 spiro atoms. The molecule has 1 fully saturated rings. The summed E-state index contributed by atoms with van der Waals surface area (Å²) < 4.78 is 60.4. The summed E-state index contributed by atoms with van der Waals surface area (Å²) in [7, 11) is 0. The Kier molecular flexibility index (Phi) is 11.5. The van der Waals surface area contributed by atoms with Crippen molar-refractivity contribution in [2.24, 2.45) is 5.92 Å². The third kappa shape index (κ3) is 9.37. The van der Waals surface area contributed by atoms with Crippen molar-refractivity contribution >= 4 is 0 Å². The highest BCUT2D eigenvalue weighted by atomic mass is 19.2. The van der Waals surface area contributed by atoms with Gasteiger partial charge in [-0.05, 0) is 30.0 Å². The smallest absolute Gasteiger partial charge is 0.194 e. The van der Waals surface area contributed by atoms with Crippen LogP contribution in [0.5, 0.6) is 0 Å². The average molecular weight is 404 g/mol. The fraction of sp³-hybridized carbons (Fsp3) is 0.714. The molecule has 0 saturated heterocycles. The van der Waals surface area contributed by atoms with Crippen molar-refractivity contribution in [2.45, 2.75) is 45.1 Å². The molecule has 0 aromatic heterocycles. The molecule has 0 unspecified atom stereocenters. The van der Waals surface area contributed by atoms with Crippen LogP contribution in [-0.2, 0) is 25.6 Å². The molecule has 1 aliphatic carbocycles. The fourth-order valence-corrected chi connectivity index (χ4v) is 2.96. The van der Waals surface area contributed by atoms with Crippen LogP contribution in [0.1, 0.15) is 44.1 Å². The lowest BCUT2D eigenvalue weighted by molar-refractivity contribution is -0.00454. The van der Waals surface area contributed by atoms with E-state index in [1.807, 2.05) is 0 Å². The Morgan fingerprint density at radius 2 is 1.25 bits per heavy atom. The molecule has 160 valence electrons. The van der Waals surface area contributed by atoms with Gasteiger partial charge in [0.1, 0.15) is 0 Å². The SMILES string of the molecule is Fc1cc(COCCOCCOCCOCCCCC2CCC2)cc(F)c1F. The average Bonchev–Trinajstić information content (AvgIpc) is 2.64. The van der Waals surface area contributed by atoms with Crippen molar-refractivity contribution in [1.82, 2.24) is 0 Å². The first kappa shape index (κ1) is 23.1. The number of benzene rings is 1. The van der Waals surface area contributed by atoms with Gasteiger partial charge in [-0.2, -0.15) is 0 Å². The first-order chi connectivity index (χ1) is 13.7. The van der Waals surface area contributed by atoms with E-state index in [2.05, 4.69) is 0 Å². The van der Waals surface area contributed by atoms with Gasteiger partial charge in [0.05, 0.1) is 46.2 Å². The van der Waals surface area contributed by atoms with Crippen LogP contribution in [0.4, 0.5) is 13.2 Å². The summed E-state index contributed by atoms with van der Waals surface area (Å²) in [5, 5.41) is 0. The van der Waals surface area contributed by atoms with Gasteiger partial charge >= 0.3 is 0 Å². The molecular weight excluding hydrogens is 373 g/mol. The minimum Gasteiger partial charge on any atom is -0.379 e. The number of unbranched alkanes of at least 4 members (excludes halogenated alkanes) is 1. The second-order valence-electron chi connectivity index (χ2n) is 7.06. The van der Waals surface area contributed by atoms with Crippen LogP contribution in [0.15, 0.2) is 12.1 Å². The molecule has 1 aromatic rings. The van der Waals surface area contributed by atoms with E-state index in [9.17, 15) is 13.2 Å². The van der Waals surface area contributed by atoms with Crippen LogP contribution in [-0.4, -0.2) is 46.2 Å². The number of rotatable bonds is 16. The van der Waals surface area contributed by atoms with Crippen molar-refractivity contribution in [1.29, 1.82) is 0 Å². The van der Waals surface area contributed by atoms with Gasteiger partial charge in [-0.15, -0.1) is 0 Å². The van der Waals surface area contributed by atoms with Crippen LogP contribution in [0.25, 0.3) is 0 Å². The van der Waals surface area contributed by atoms with Gasteiger partial charge in [-0.3, -0.25) is 0 Å². The fourth-order valence-electron chi connectivity index (χ4n) is 2.96. The maximum Gasteiger partial charge on any atom is 0.194 e. The van der Waals surface area contributed by atoms with Crippen molar-refractivity contribution in [2.75, 3.05) is 46.2 Å². The zero-order valence-corrected chi connectivity index (χ0v) is 16.4. The monoisotopic (exact) mass is 404 g/mol. The summed E-state index contributed by atoms with van der Waals surface area (Å²) in [4.78, 5) is 0. The minimum atomic E-state index is -1.47. The Bertz CT molecular complexity index is 529. The van der Waals surface area contributed by atoms with Crippen LogP contribution in [0.3, 0.4) is 0 Å². The van der Waals surface area contributed by atoms with Crippen LogP contribution >= 0.6 is 0 Å². The molecule has 0 aliphatic heterocycles. The molecular formula is C21H31F3O4. The lowest BCUT2D eigenvalue weighted by Gasteiger charge is -2.24. The summed E-state index contributed by atoms with van der Waals surface area (Å²) >= 11 is 0. The lowest BCUT2D eigenvalue weighted by atomic mass is 9.82. The highest BCUT2D eigenvalue weighted by Crippen LogP contribution is 2.30. The highest BCUT2D eigenvalue weighted by molar-refractivity contribution is 5.18. The van der Waals surface area contributed by atoms with Crippen molar-refractivity contribution in [3.63, 3.8) is 0 Å². The van der Waals surface area contributed by atoms with E-state index in [0.29, 0.717) is 33.0 Å². The number of hydrogen-bond donors (Lipinski definition) is 0. The Morgan fingerprint density at radius 1 is 0.714 bits per heavy atom. The quantitative estimate of drug-likeness (QED) is 0.297. The van der Waals surface area contributed by atoms with Crippen LogP contribution in [0, 0.1) is 23.4 Å². The van der Waals surface area contributed by atoms with Gasteiger partial charge in [0.25, 0.3) is 0 Å². The zero-order chi connectivity index (χ0) is 20.0. The van der Waals surface area contributed by atoms with E-state index in [1.54, 1.807) is 0 Å². The molecule has 0 heterocycles. The topological polar surface area (TPSA) is 36.9 Å². The Hall–Kier alpha value is -1.15. The molecule has 28 heavy (non-hydrogen) atoms. The molecule has 4 nitrogen and oxygen atoms in total. The second kappa shape index (κ2) is 13.9. The summed E-state index contributed by atoms with van der Waals surface area (Å²) in [5.41, 5.74) is 0.239. The minimum absolute atomic E-state index is 0.00796. The largest absolute Gasteiger partial charge is 0.379 e.